The third-order valence-corrected chi connectivity index (χ3v) is 3.06. The van der Waals surface area contributed by atoms with Crippen molar-refractivity contribution in [2.24, 2.45) is 0 Å². The number of hydrogen-bond acceptors (Lipinski definition) is 3. The van der Waals surface area contributed by atoms with Crippen molar-refractivity contribution in [1.82, 2.24) is 0 Å². The van der Waals surface area contributed by atoms with E-state index in [0.29, 0.717) is 16.5 Å². The van der Waals surface area contributed by atoms with Gasteiger partial charge in [-0.05, 0) is 32.9 Å². The topological polar surface area (TPSA) is 33.5 Å². The van der Waals surface area contributed by atoms with Crippen LogP contribution in [0.25, 0.3) is 11.0 Å². The fourth-order valence-corrected chi connectivity index (χ4v) is 2.00. The molecule has 0 amide bonds. The molecule has 0 radical (unpaired) electrons. The third kappa shape index (κ3) is 2.05. The van der Waals surface area contributed by atoms with Crippen molar-refractivity contribution in [3.05, 3.63) is 40.2 Å². The number of fused-ring (bicyclic) bond motifs is 1. The molecule has 1 aromatic carbocycles. The van der Waals surface area contributed by atoms with Gasteiger partial charge >= 0.3 is 0 Å². The molecule has 1 heterocycles. The SMILES string of the molecule is CCN(CC)c1ccc2c(=O)c(C)coc2c1. The van der Waals surface area contributed by atoms with Gasteiger partial charge in [-0.15, -0.1) is 0 Å². The maximum Gasteiger partial charge on any atom is 0.195 e. The molecule has 0 saturated carbocycles. The first-order valence-electron chi connectivity index (χ1n) is 5.94. The van der Waals surface area contributed by atoms with Crippen molar-refractivity contribution in [3.8, 4) is 0 Å². The molecule has 90 valence electrons. The maximum atomic E-state index is 11.9. The minimum atomic E-state index is 0.0531. The van der Waals surface area contributed by atoms with Crippen LogP contribution in [-0.4, -0.2) is 13.1 Å². The average molecular weight is 231 g/mol. The van der Waals surface area contributed by atoms with Gasteiger partial charge in [0.15, 0.2) is 5.43 Å². The minimum absolute atomic E-state index is 0.0531. The van der Waals surface area contributed by atoms with Crippen LogP contribution in [0.4, 0.5) is 5.69 Å². The Kier molecular flexibility index (Phi) is 3.18. The second-order valence-corrected chi connectivity index (χ2v) is 4.10. The van der Waals surface area contributed by atoms with Gasteiger partial charge in [0.25, 0.3) is 0 Å². The summed E-state index contributed by atoms with van der Waals surface area (Å²) < 4.78 is 5.48. The highest BCUT2D eigenvalue weighted by Crippen LogP contribution is 2.20. The van der Waals surface area contributed by atoms with Gasteiger partial charge in [0.2, 0.25) is 0 Å². The molecule has 2 aromatic rings. The number of aryl methyl sites for hydroxylation is 1. The van der Waals surface area contributed by atoms with Crippen LogP contribution in [0.3, 0.4) is 0 Å². The molecule has 2 rings (SSSR count). The van der Waals surface area contributed by atoms with E-state index < -0.39 is 0 Å². The summed E-state index contributed by atoms with van der Waals surface area (Å²) in [5.41, 5.74) is 2.45. The average Bonchev–Trinajstić information content (AvgIpc) is 2.35. The van der Waals surface area contributed by atoms with E-state index in [1.807, 2.05) is 18.2 Å². The van der Waals surface area contributed by atoms with E-state index in [1.54, 1.807) is 6.92 Å². The molecule has 0 aliphatic rings. The lowest BCUT2D eigenvalue weighted by Crippen LogP contribution is -2.21. The molecule has 0 spiro atoms. The largest absolute Gasteiger partial charge is 0.464 e. The summed E-state index contributed by atoms with van der Waals surface area (Å²) in [5.74, 6) is 0. The summed E-state index contributed by atoms with van der Waals surface area (Å²) in [5, 5.41) is 0.654. The van der Waals surface area contributed by atoms with Gasteiger partial charge in [-0.2, -0.15) is 0 Å². The van der Waals surface area contributed by atoms with Crippen LogP contribution in [0.15, 0.2) is 33.7 Å². The molecule has 0 aliphatic heterocycles. The third-order valence-electron chi connectivity index (χ3n) is 3.06. The lowest BCUT2D eigenvalue weighted by molar-refractivity contribution is 0.597. The van der Waals surface area contributed by atoms with Crippen molar-refractivity contribution >= 4 is 16.7 Å². The van der Waals surface area contributed by atoms with Crippen molar-refractivity contribution in [2.45, 2.75) is 20.8 Å². The first-order chi connectivity index (χ1) is 8.17. The standard InChI is InChI=1S/C14H17NO2/c1-4-15(5-2)11-6-7-12-13(8-11)17-9-10(3)14(12)16/h6-9H,4-5H2,1-3H3. The highest BCUT2D eigenvalue weighted by Gasteiger charge is 2.07. The minimum Gasteiger partial charge on any atom is -0.464 e. The molecule has 3 heteroatoms. The zero-order chi connectivity index (χ0) is 12.4. The van der Waals surface area contributed by atoms with E-state index in [9.17, 15) is 4.79 Å². The Morgan fingerprint density at radius 1 is 1.24 bits per heavy atom. The Labute approximate surface area is 101 Å². The molecular weight excluding hydrogens is 214 g/mol. The molecule has 3 nitrogen and oxygen atoms in total. The smallest absolute Gasteiger partial charge is 0.195 e. The quantitative estimate of drug-likeness (QED) is 0.814. The number of anilines is 1. The number of nitrogens with zero attached hydrogens (tertiary/aromatic N) is 1. The van der Waals surface area contributed by atoms with Crippen LogP contribution in [0.5, 0.6) is 0 Å². The van der Waals surface area contributed by atoms with Gasteiger partial charge in [-0.25, -0.2) is 0 Å². The van der Waals surface area contributed by atoms with E-state index in [1.165, 1.54) is 6.26 Å². The predicted octanol–water partition coefficient (Wildman–Crippen LogP) is 2.95. The van der Waals surface area contributed by atoms with Crippen LogP contribution in [0.1, 0.15) is 19.4 Å². The van der Waals surface area contributed by atoms with Crippen LogP contribution in [-0.2, 0) is 0 Å². The van der Waals surface area contributed by atoms with Crippen LogP contribution < -0.4 is 10.3 Å². The molecule has 0 fully saturated rings. The Morgan fingerprint density at radius 2 is 1.94 bits per heavy atom. The summed E-state index contributed by atoms with van der Waals surface area (Å²) in [4.78, 5) is 14.1. The zero-order valence-electron chi connectivity index (χ0n) is 10.5. The number of benzene rings is 1. The second kappa shape index (κ2) is 4.62. The van der Waals surface area contributed by atoms with Crippen LogP contribution in [0.2, 0.25) is 0 Å². The summed E-state index contributed by atoms with van der Waals surface area (Å²) in [6.07, 6.45) is 1.52. The molecule has 1 aromatic heterocycles. The van der Waals surface area contributed by atoms with E-state index in [2.05, 4.69) is 18.7 Å². The monoisotopic (exact) mass is 231 g/mol. The molecule has 0 aliphatic carbocycles. The lowest BCUT2D eigenvalue weighted by atomic mass is 10.1. The van der Waals surface area contributed by atoms with E-state index in [0.717, 1.165) is 18.8 Å². The van der Waals surface area contributed by atoms with Gasteiger partial charge in [0, 0.05) is 30.4 Å². The Balaban J connectivity index is 2.59. The molecule has 0 saturated heterocycles. The first-order valence-corrected chi connectivity index (χ1v) is 5.94. The normalized spacial score (nSPS) is 10.8. The van der Waals surface area contributed by atoms with Gasteiger partial charge in [-0.3, -0.25) is 4.79 Å². The highest BCUT2D eigenvalue weighted by atomic mass is 16.3. The molecule has 0 atom stereocenters. The van der Waals surface area contributed by atoms with Crippen molar-refractivity contribution in [2.75, 3.05) is 18.0 Å². The Hall–Kier alpha value is -1.77. The van der Waals surface area contributed by atoms with Crippen LogP contribution >= 0.6 is 0 Å². The van der Waals surface area contributed by atoms with Crippen molar-refractivity contribution in [3.63, 3.8) is 0 Å². The molecule has 0 bridgehead atoms. The molecule has 0 unspecified atom stereocenters. The summed E-state index contributed by atoms with van der Waals surface area (Å²) >= 11 is 0. The fourth-order valence-electron chi connectivity index (χ4n) is 2.00. The summed E-state index contributed by atoms with van der Waals surface area (Å²) in [7, 11) is 0. The summed E-state index contributed by atoms with van der Waals surface area (Å²) in [6.45, 7) is 7.87. The van der Waals surface area contributed by atoms with Gasteiger partial charge < -0.3 is 9.32 Å². The van der Waals surface area contributed by atoms with Crippen LogP contribution in [0, 0.1) is 6.92 Å². The van der Waals surface area contributed by atoms with E-state index in [-0.39, 0.29) is 5.43 Å². The molecular formula is C14H17NO2. The number of rotatable bonds is 3. The Bertz CT molecular complexity index is 582. The van der Waals surface area contributed by atoms with Crippen molar-refractivity contribution in [1.29, 1.82) is 0 Å². The highest BCUT2D eigenvalue weighted by molar-refractivity contribution is 5.80. The number of hydrogen-bond donors (Lipinski definition) is 0. The lowest BCUT2D eigenvalue weighted by Gasteiger charge is -2.20. The van der Waals surface area contributed by atoms with Gasteiger partial charge in [-0.1, -0.05) is 0 Å². The fraction of sp³-hybridized carbons (Fsp3) is 0.357. The van der Waals surface area contributed by atoms with Gasteiger partial charge in [0.1, 0.15) is 5.58 Å². The molecule has 0 N–H and O–H groups in total. The first kappa shape index (κ1) is 11.7. The van der Waals surface area contributed by atoms with Crippen molar-refractivity contribution < 1.29 is 4.42 Å². The van der Waals surface area contributed by atoms with E-state index >= 15 is 0 Å². The molecule has 17 heavy (non-hydrogen) atoms. The van der Waals surface area contributed by atoms with E-state index in [4.69, 9.17) is 4.42 Å². The predicted molar refractivity (Wildman–Crippen MR) is 70.8 cm³/mol. The van der Waals surface area contributed by atoms with Gasteiger partial charge in [0.05, 0.1) is 11.6 Å². The maximum absolute atomic E-state index is 11.9. The Morgan fingerprint density at radius 3 is 2.59 bits per heavy atom. The zero-order valence-corrected chi connectivity index (χ0v) is 10.5. The second-order valence-electron chi connectivity index (χ2n) is 4.10. The summed E-state index contributed by atoms with van der Waals surface area (Å²) in [6, 6.07) is 5.76.